The third-order valence-corrected chi connectivity index (χ3v) is 5.02. The summed E-state index contributed by atoms with van der Waals surface area (Å²) < 4.78 is 5.58. The lowest BCUT2D eigenvalue weighted by atomic mass is 9.83. The fourth-order valence-electron chi connectivity index (χ4n) is 3.10. The first kappa shape index (κ1) is 16.5. The average Bonchev–Trinajstić information content (AvgIpc) is 3.07. The van der Waals surface area contributed by atoms with Crippen LogP contribution in [0.5, 0.6) is 5.88 Å². The third kappa shape index (κ3) is 2.60. The zero-order valence-electron chi connectivity index (χ0n) is 13.3. The molecular formula is C19H12Cl2N4O. The maximum Gasteiger partial charge on any atom is 0.244 e. The van der Waals surface area contributed by atoms with Crippen LogP contribution in [0.2, 0.25) is 10.0 Å². The first-order valence-electron chi connectivity index (χ1n) is 7.76. The molecule has 4 rings (SSSR count). The van der Waals surface area contributed by atoms with Crippen molar-refractivity contribution in [2.75, 3.05) is 0 Å². The van der Waals surface area contributed by atoms with Gasteiger partial charge in [0.15, 0.2) is 0 Å². The average molecular weight is 383 g/mol. The highest BCUT2D eigenvalue weighted by molar-refractivity contribution is 6.42. The highest BCUT2D eigenvalue weighted by Crippen LogP contribution is 2.46. The Labute approximate surface area is 159 Å². The lowest BCUT2D eigenvalue weighted by molar-refractivity contribution is 0.379. The summed E-state index contributed by atoms with van der Waals surface area (Å²) in [6.07, 6.45) is 0. The van der Waals surface area contributed by atoms with E-state index in [-0.39, 0.29) is 5.88 Å². The molecular weight excluding hydrogens is 371 g/mol. The van der Waals surface area contributed by atoms with E-state index in [4.69, 9.17) is 33.7 Å². The highest BCUT2D eigenvalue weighted by atomic mass is 35.5. The van der Waals surface area contributed by atoms with Gasteiger partial charge in [-0.25, -0.2) is 0 Å². The highest BCUT2D eigenvalue weighted by Gasteiger charge is 2.35. The third-order valence-electron chi connectivity index (χ3n) is 4.28. The minimum absolute atomic E-state index is 0.0298. The number of H-pyrrole nitrogens is 1. The second-order valence-electron chi connectivity index (χ2n) is 5.78. The number of benzene rings is 2. The Balaban J connectivity index is 1.97. The van der Waals surface area contributed by atoms with Crippen LogP contribution in [0.3, 0.4) is 0 Å². The van der Waals surface area contributed by atoms with E-state index < -0.39 is 5.92 Å². The summed E-state index contributed by atoms with van der Waals surface area (Å²) in [5.74, 6) is -0.0916. The van der Waals surface area contributed by atoms with Crippen LogP contribution in [0, 0.1) is 11.3 Å². The minimum atomic E-state index is -0.465. The van der Waals surface area contributed by atoms with Crippen LogP contribution in [0.1, 0.15) is 17.0 Å². The topological polar surface area (TPSA) is 87.7 Å². The number of nitrogens with zero attached hydrogens (tertiary/aromatic N) is 2. The quantitative estimate of drug-likeness (QED) is 0.677. The van der Waals surface area contributed by atoms with Gasteiger partial charge >= 0.3 is 0 Å². The van der Waals surface area contributed by atoms with Gasteiger partial charge in [0.1, 0.15) is 11.6 Å². The number of allylic oxidation sites excluding steroid dienone is 1. The van der Waals surface area contributed by atoms with Crippen LogP contribution in [0.4, 0.5) is 0 Å². The van der Waals surface area contributed by atoms with Crippen molar-refractivity contribution in [1.82, 2.24) is 10.2 Å². The molecule has 26 heavy (non-hydrogen) atoms. The Bertz CT molecular complexity index is 1070. The van der Waals surface area contributed by atoms with Gasteiger partial charge < -0.3 is 10.5 Å². The fraction of sp³-hybridized carbons (Fsp3) is 0.0526. The smallest absolute Gasteiger partial charge is 0.244 e. The molecule has 3 aromatic rings. The van der Waals surface area contributed by atoms with E-state index in [1.165, 1.54) is 0 Å². The molecule has 0 unspecified atom stereocenters. The van der Waals surface area contributed by atoms with Crippen molar-refractivity contribution in [3.8, 4) is 23.2 Å². The summed E-state index contributed by atoms with van der Waals surface area (Å²) in [7, 11) is 0. The van der Waals surface area contributed by atoms with E-state index in [0.717, 1.165) is 22.4 Å². The summed E-state index contributed by atoms with van der Waals surface area (Å²) in [5.41, 5.74) is 9.47. The largest absolute Gasteiger partial charge is 0.420 e. The molecule has 0 saturated heterocycles. The van der Waals surface area contributed by atoms with Gasteiger partial charge in [0.05, 0.1) is 27.2 Å². The van der Waals surface area contributed by atoms with E-state index in [1.807, 2.05) is 36.4 Å². The van der Waals surface area contributed by atoms with Gasteiger partial charge in [0.25, 0.3) is 0 Å². The molecule has 0 saturated carbocycles. The number of nitrogens with two attached hydrogens (primary N) is 1. The van der Waals surface area contributed by atoms with Crippen LogP contribution >= 0.6 is 23.2 Å². The van der Waals surface area contributed by atoms with Gasteiger partial charge in [-0.05, 0) is 23.3 Å². The summed E-state index contributed by atoms with van der Waals surface area (Å²) >= 11 is 12.2. The lowest BCUT2D eigenvalue weighted by Crippen LogP contribution is -2.21. The molecule has 0 spiro atoms. The van der Waals surface area contributed by atoms with Gasteiger partial charge in [0.2, 0.25) is 11.8 Å². The predicted octanol–water partition coefficient (Wildman–Crippen LogP) is 4.60. The van der Waals surface area contributed by atoms with Crippen molar-refractivity contribution in [3.05, 3.63) is 81.2 Å². The van der Waals surface area contributed by atoms with Crippen LogP contribution in [0.25, 0.3) is 11.3 Å². The second-order valence-corrected chi connectivity index (χ2v) is 6.60. The number of ether oxygens (including phenoxy) is 1. The van der Waals surface area contributed by atoms with E-state index in [1.54, 1.807) is 12.1 Å². The number of nitriles is 1. The summed E-state index contributed by atoms with van der Waals surface area (Å²) in [6, 6.07) is 17.1. The molecule has 1 aliphatic heterocycles. The molecule has 128 valence electrons. The SMILES string of the molecule is N#CC1=C(N)Oc2n[nH]c(-c3ccccc3)c2[C@@H]1c1ccc(Cl)c(Cl)c1. The summed E-state index contributed by atoms with van der Waals surface area (Å²) in [4.78, 5) is 0. The molecule has 1 aliphatic rings. The maximum absolute atomic E-state index is 9.68. The fourth-order valence-corrected chi connectivity index (χ4v) is 3.40. The molecule has 0 fully saturated rings. The Hall–Kier alpha value is -2.94. The van der Waals surface area contributed by atoms with E-state index in [2.05, 4.69) is 16.3 Å². The summed E-state index contributed by atoms with van der Waals surface area (Å²) in [5, 5.41) is 17.8. The monoisotopic (exact) mass is 382 g/mol. The molecule has 5 nitrogen and oxygen atoms in total. The number of aromatic nitrogens is 2. The zero-order valence-corrected chi connectivity index (χ0v) is 14.8. The molecule has 0 amide bonds. The Morgan fingerprint density at radius 1 is 1.12 bits per heavy atom. The van der Waals surface area contributed by atoms with E-state index in [9.17, 15) is 5.26 Å². The normalized spacial score (nSPS) is 16.0. The van der Waals surface area contributed by atoms with Gasteiger partial charge in [-0.3, -0.25) is 5.10 Å². The van der Waals surface area contributed by atoms with Crippen molar-refractivity contribution in [3.63, 3.8) is 0 Å². The van der Waals surface area contributed by atoms with E-state index >= 15 is 0 Å². The predicted molar refractivity (Wildman–Crippen MR) is 99.8 cm³/mol. The molecule has 1 aromatic heterocycles. The number of halogens is 2. The Morgan fingerprint density at radius 2 is 1.88 bits per heavy atom. The van der Waals surface area contributed by atoms with Crippen molar-refractivity contribution in [2.24, 2.45) is 5.73 Å². The molecule has 2 heterocycles. The van der Waals surface area contributed by atoms with Crippen molar-refractivity contribution in [2.45, 2.75) is 5.92 Å². The molecule has 0 aliphatic carbocycles. The molecule has 7 heteroatoms. The number of rotatable bonds is 2. The number of fused-ring (bicyclic) bond motifs is 1. The molecule has 1 atom stereocenters. The molecule has 3 N–H and O–H groups in total. The Kier molecular flexibility index (Phi) is 4.08. The van der Waals surface area contributed by atoms with Gasteiger partial charge in [-0.1, -0.05) is 59.6 Å². The second kappa shape index (κ2) is 6.41. The van der Waals surface area contributed by atoms with E-state index in [0.29, 0.717) is 21.5 Å². The maximum atomic E-state index is 9.68. The van der Waals surface area contributed by atoms with Crippen molar-refractivity contribution in [1.29, 1.82) is 5.26 Å². The van der Waals surface area contributed by atoms with Gasteiger partial charge in [0, 0.05) is 0 Å². The Morgan fingerprint density at radius 3 is 2.58 bits per heavy atom. The molecule has 0 bridgehead atoms. The number of hydrogen-bond acceptors (Lipinski definition) is 4. The van der Waals surface area contributed by atoms with Crippen LogP contribution < -0.4 is 10.5 Å². The number of aromatic amines is 1. The van der Waals surface area contributed by atoms with Crippen molar-refractivity contribution < 1.29 is 4.74 Å². The van der Waals surface area contributed by atoms with Crippen LogP contribution in [0.15, 0.2) is 60.0 Å². The molecule has 2 aromatic carbocycles. The first-order chi connectivity index (χ1) is 12.6. The van der Waals surface area contributed by atoms with Crippen LogP contribution in [-0.4, -0.2) is 10.2 Å². The zero-order chi connectivity index (χ0) is 18.3. The first-order valence-corrected chi connectivity index (χ1v) is 8.52. The van der Waals surface area contributed by atoms with Gasteiger partial charge in [-0.2, -0.15) is 5.26 Å². The number of nitrogens with one attached hydrogen (secondary N) is 1. The molecule has 0 radical (unpaired) electrons. The standard InChI is InChI=1S/C19H12Cl2N4O/c20-13-7-6-11(8-14(13)21)15-12(9-22)18(23)26-19-16(15)17(24-25-19)10-4-2-1-3-5-10/h1-8,15H,23H2,(H,24,25)/t15-/m1/s1. The minimum Gasteiger partial charge on any atom is -0.420 e. The number of hydrogen-bond donors (Lipinski definition) is 2. The van der Waals surface area contributed by atoms with Crippen molar-refractivity contribution >= 4 is 23.2 Å². The van der Waals surface area contributed by atoms with Gasteiger partial charge in [-0.15, -0.1) is 5.10 Å². The van der Waals surface area contributed by atoms with Crippen LogP contribution in [-0.2, 0) is 0 Å². The summed E-state index contributed by atoms with van der Waals surface area (Å²) in [6.45, 7) is 0. The lowest BCUT2D eigenvalue weighted by Gasteiger charge is -2.24.